The number of ether oxygens (including phenoxy) is 1. The van der Waals surface area contributed by atoms with E-state index in [1.54, 1.807) is 35.2 Å². The average Bonchev–Trinajstić information content (AvgIpc) is 2.75. The van der Waals surface area contributed by atoms with Crippen molar-refractivity contribution in [3.05, 3.63) is 48.0 Å². The van der Waals surface area contributed by atoms with Crippen LogP contribution < -0.4 is 9.64 Å². The highest BCUT2D eigenvalue weighted by Crippen LogP contribution is 2.38. The van der Waals surface area contributed by atoms with Crippen molar-refractivity contribution in [3.8, 4) is 5.75 Å². The molecule has 1 amide bonds. The van der Waals surface area contributed by atoms with Crippen LogP contribution in [0.1, 0.15) is 49.4 Å². The largest absolute Gasteiger partial charge is 0.497 e. The number of para-hydroxylation sites is 1. The summed E-state index contributed by atoms with van der Waals surface area (Å²) in [5.74, 6) is 0.166. The van der Waals surface area contributed by atoms with Crippen molar-refractivity contribution in [2.75, 3.05) is 18.6 Å². The lowest BCUT2D eigenvalue weighted by molar-refractivity contribution is 0.0983. The summed E-state index contributed by atoms with van der Waals surface area (Å²) in [5.41, 5.74) is 0.618. The van der Waals surface area contributed by atoms with Crippen LogP contribution in [0.4, 0.5) is 5.69 Å². The number of carbonyl (C=O) groups is 1. The Balaban J connectivity index is 2.06. The SMILES string of the molecule is CCCCCCCN1C(=O)c2cc(OC)ccc2S(=O)(=O)c2ccccc21. The molecule has 0 saturated heterocycles. The molecule has 0 aromatic heterocycles. The van der Waals surface area contributed by atoms with E-state index in [4.69, 9.17) is 4.74 Å². The summed E-state index contributed by atoms with van der Waals surface area (Å²) in [6.45, 7) is 2.65. The van der Waals surface area contributed by atoms with Crippen LogP contribution in [0.25, 0.3) is 0 Å². The Labute approximate surface area is 160 Å². The Morgan fingerprint density at radius 2 is 1.70 bits per heavy atom. The van der Waals surface area contributed by atoms with Crippen LogP contribution >= 0.6 is 0 Å². The zero-order valence-electron chi connectivity index (χ0n) is 15.8. The van der Waals surface area contributed by atoms with Gasteiger partial charge in [-0.05, 0) is 36.8 Å². The molecule has 0 fully saturated rings. The topological polar surface area (TPSA) is 63.7 Å². The third-order valence-corrected chi connectivity index (χ3v) is 6.74. The lowest BCUT2D eigenvalue weighted by Gasteiger charge is -2.22. The van der Waals surface area contributed by atoms with Crippen molar-refractivity contribution in [1.29, 1.82) is 0 Å². The molecule has 2 aromatic carbocycles. The van der Waals surface area contributed by atoms with Gasteiger partial charge in [0, 0.05) is 6.54 Å². The van der Waals surface area contributed by atoms with E-state index in [1.165, 1.54) is 25.7 Å². The first-order valence-corrected chi connectivity index (χ1v) is 10.8. The van der Waals surface area contributed by atoms with Crippen LogP contribution in [0.2, 0.25) is 0 Å². The molecule has 3 rings (SSSR count). The zero-order valence-corrected chi connectivity index (χ0v) is 16.6. The van der Waals surface area contributed by atoms with Crippen LogP contribution in [0.15, 0.2) is 52.3 Å². The fourth-order valence-corrected chi connectivity index (χ4v) is 5.04. The van der Waals surface area contributed by atoms with Gasteiger partial charge in [-0.3, -0.25) is 4.79 Å². The molecule has 1 aliphatic heterocycles. The summed E-state index contributed by atoms with van der Waals surface area (Å²) in [7, 11) is -2.29. The minimum absolute atomic E-state index is 0.0363. The second kappa shape index (κ2) is 8.13. The number of unbranched alkanes of at least 4 members (excludes halogenated alkanes) is 4. The number of carbonyl (C=O) groups excluding carboxylic acids is 1. The van der Waals surface area contributed by atoms with Crippen molar-refractivity contribution in [1.82, 2.24) is 0 Å². The van der Waals surface area contributed by atoms with Gasteiger partial charge in [-0.25, -0.2) is 8.42 Å². The van der Waals surface area contributed by atoms with Crippen LogP contribution in [0.3, 0.4) is 0 Å². The van der Waals surface area contributed by atoms with E-state index in [0.717, 1.165) is 25.7 Å². The molecule has 6 heteroatoms. The highest BCUT2D eigenvalue weighted by atomic mass is 32.2. The van der Waals surface area contributed by atoms with Crippen LogP contribution in [-0.4, -0.2) is 28.0 Å². The third kappa shape index (κ3) is 3.72. The first kappa shape index (κ1) is 19.4. The number of fused-ring (bicyclic) bond motifs is 2. The van der Waals surface area contributed by atoms with Gasteiger partial charge in [0.1, 0.15) is 5.75 Å². The van der Waals surface area contributed by atoms with Gasteiger partial charge in [-0.1, -0.05) is 44.7 Å². The average molecular weight is 388 g/mol. The van der Waals surface area contributed by atoms with Crippen LogP contribution in [0.5, 0.6) is 5.75 Å². The van der Waals surface area contributed by atoms with Crippen molar-refractivity contribution in [2.24, 2.45) is 0 Å². The number of sulfone groups is 1. The van der Waals surface area contributed by atoms with Crippen LogP contribution in [-0.2, 0) is 9.84 Å². The highest BCUT2D eigenvalue weighted by molar-refractivity contribution is 7.91. The van der Waals surface area contributed by atoms with E-state index in [-0.39, 0.29) is 21.3 Å². The first-order chi connectivity index (χ1) is 13.0. The van der Waals surface area contributed by atoms with E-state index in [1.807, 2.05) is 0 Å². The molecule has 1 heterocycles. The van der Waals surface area contributed by atoms with Crippen molar-refractivity contribution in [2.45, 2.75) is 48.8 Å². The van der Waals surface area contributed by atoms with Gasteiger partial charge < -0.3 is 9.64 Å². The second-order valence-corrected chi connectivity index (χ2v) is 8.59. The molecule has 144 valence electrons. The Bertz CT molecular complexity index is 937. The third-order valence-electron chi connectivity index (χ3n) is 4.88. The summed E-state index contributed by atoms with van der Waals surface area (Å²) >= 11 is 0. The fourth-order valence-electron chi connectivity index (χ4n) is 3.41. The number of anilines is 1. The number of nitrogens with zero attached hydrogens (tertiary/aromatic N) is 1. The van der Waals surface area contributed by atoms with Gasteiger partial charge in [0.25, 0.3) is 5.91 Å². The summed E-state index contributed by atoms with van der Waals surface area (Å²) in [4.78, 5) is 15.1. The summed E-state index contributed by atoms with van der Waals surface area (Å²) in [6, 6.07) is 11.3. The van der Waals surface area contributed by atoms with Gasteiger partial charge in [-0.2, -0.15) is 0 Å². The van der Waals surface area contributed by atoms with E-state index in [2.05, 4.69) is 6.92 Å². The summed E-state index contributed by atoms with van der Waals surface area (Å²) in [6.07, 6.45) is 5.27. The number of hydrogen-bond donors (Lipinski definition) is 0. The van der Waals surface area contributed by atoms with Crippen molar-refractivity contribution < 1.29 is 17.9 Å². The molecule has 1 aliphatic rings. The maximum Gasteiger partial charge on any atom is 0.259 e. The van der Waals surface area contributed by atoms with Crippen molar-refractivity contribution >= 4 is 21.4 Å². The van der Waals surface area contributed by atoms with Gasteiger partial charge in [-0.15, -0.1) is 0 Å². The fraction of sp³-hybridized carbons (Fsp3) is 0.381. The van der Waals surface area contributed by atoms with Gasteiger partial charge in [0.15, 0.2) is 0 Å². The molecular formula is C21H25NO4S. The standard InChI is InChI=1S/C21H25NO4S/c1-3-4-5-6-9-14-22-18-10-7-8-11-20(18)27(24,25)19-13-12-16(26-2)15-17(19)21(22)23/h7-8,10-13,15H,3-6,9,14H2,1-2H3. The maximum atomic E-state index is 13.3. The molecule has 0 N–H and O–H groups in total. The predicted octanol–water partition coefficient (Wildman–Crippen LogP) is 4.46. The van der Waals surface area contributed by atoms with Crippen molar-refractivity contribution in [3.63, 3.8) is 0 Å². The van der Waals surface area contributed by atoms with E-state index < -0.39 is 9.84 Å². The molecule has 2 aromatic rings. The second-order valence-electron chi connectivity index (χ2n) is 6.70. The molecule has 0 bridgehead atoms. The smallest absolute Gasteiger partial charge is 0.259 e. The lowest BCUT2D eigenvalue weighted by Crippen LogP contribution is -2.31. The maximum absolute atomic E-state index is 13.3. The predicted molar refractivity (Wildman–Crippen MR) is 105 cm³/mol. The Morgan fingerprint density at radius 3 is 2.44 bits per heavy atom. The number of hydrogen-bond acceptors (Lipinski definition) is 4. The number of rotatable bonds is 7. The Hall–Kier alpha value is -2.34. The molecule has 27 heavy (non-hydrogen) atoms. The quantitative estimate of drug-likeness (QED) is 0.658. The molecular weight excluding hydrogens is 362 g/mol. The molecule has 0 radical (unpaired) electrons. The summed E-state index contributed by atoms with van der Waals surface area (Å²) in [5, 5.41) is 0. The van der Waals surface area contributed by atoms with E-state index >= 15 is 0 Å². The number of methoxy groups -OCH3 is 1. The number of amides is 1. The molecule has 0 aliphatic carbocycles. The Morgan fingerprint density at radius 1 is 0.963 bits per heavy atom. The minimum Gasteiger partial charge on any atom is -0.497 e. The zero-order chi connectivity index (χ0) is 19.4. The molecule has 5 nitrogen and oxygen atoms in total. The van der Waals surface area contributed by atoms with E-state index in [9.17, 15) is 13.2 Å². The normalized spacial score (nSPS) is 15.0. The molecule has 0 spiro atoms. The number of benzene rings is 2. The lowest BCUT2D eigenvalue weighted by atomic mass is 10.1. The summed E-state index contributed by atoms with van der Waals surface area (Å²) < 4.78 is 31.6. The highest BCUT2D eigenvalue weighted by Gasteiger charge is 2.35. The molecule has 0 atom stereocenters. The van der Waals surface area contributed by atoms with Gasteiger partial charge in [0.05, 0.1) is 28.2 Å². The first-order valence-electron chi connectivity index (χ1n) is 9.34. The van der Waals surface area contributed by atoms with Crippen LogP contribution in [0, 0.1) is 0 Å². The minimum atomic E-state index is -3.79. The van der Waals surface area contributed by atoms with Gasteiger partial charge in [0.2, 0.25) is 9.84 Å². The molecule has 0 saturated carbocycles. The van der Waals surface area contributed by atoms with Gasteiger partial charge >= 0.3 is 0 Å². The van der Waals surface area contributed by atoms with E-state index in [0.29, 0.717) is 18.0 Å². The molecule has 0 unspecified atom stereocenters. The monoisotopic (exact) mass is 387 g/mol. The Kier molecular flexibility index (Phi) is 5.85.